The summed E-state index contributed by atoms with van der Waals surface area (Å²) >= 11 is 0. The SMILES string of the molecule is CCCCc1ccc(C(N)C(=O)OC(C)(C)C)c(=O)n1Cc1ccc(-c2ccccc2C(=O)OC(C)(C)C)cc1. The van der Waals surface area contributed by atoms with E-state index in [0.29, 0.717) is 12.1 Å². The smallest absolute Gasteiger partial charge is 0.339 e. The average Bonchev–Trinajstić information content (AvgIpc) is 2.87. The van der Waals surface area contributed by atoms with Crippen molar-refractivity contribution in [2.45, 2.75) is 91.5 Å². The molecule has 0 saturated carbocycles. The fourth-order valence-electron chi connectivity index (χ4n) is 4.33. The van der Waals surface area contributed by atoms with Crippen LogP contribution in [-0.4, -0.2) is 27.7 Å². The van der Waals surface area contributed by atoms with E-state index in [9.17, 15) is 14.4 Å². The van der Waals surface area contributed by atoms with Gasteiger partial charge in [-0.3, -0.25) is 4.79 Å². The molecule has 0 fully saturated rings. The van der Waals surface area contributed by atoms with Gasteiger partial charge in [0.25, 0.3) is 5.56 Å². The monoisotopic (exact) mass is 546 g/mol. The molecule has 7 nitrogen and oxygen atoms in total. The number of aromatic nitrogens is 1. The second kappa shape index (κ2) is 12.6. The molecule has 0 bridgehead atoms. The van der Waals surface area contributed by atoms with E-state index in [4.69, 9.17) is 15.2 Å². The number of carbonyl (C=O) groups excluding carboxylic acids is 2. The number of unbranched alkanes of at least 4 members (excludes halogenated alkanes) is 1. The summed E-state index contributed by atoms with van der Waals surface area (Å²) in [5.74, 6) is -1.01. The topological polar surface area (TPSA) is 101 Å². The highest BCUT2D eigenvalue weighted by atomic mass is 16.6. The Morgan fingerprint density at radius 1 is 0.875 bits per heavy atom. The van der Waals surface area contributed by atoms with Crippen LogP contribution >= 0.6 is 0 Å². The fraction of sp³-hybridized carbons (Fsp3) is 0.424. The molecule has 0 amide bonds. The molecular formula is C33H42N2O5. The number of aryl methyl sites for hydroxylation is 1. The van der Waals surface area contributed by atoms with Crippen molar-refractivity contribution in [3.8, 4) is 11.1 Å². The van der Waals surface area contributed by atoms with E-state index in [-0.39, 0.29) is 17.1 Å². The van der Waals surface area contributed by atoms with Crippen molar-refractivity contribution in [3.63, 3.8) is 0 Å². The Kier molecular flexibility index (Phi) is 9.74. The van der Waals surface area contributed by atoms with Crippen LogP contribution in [0, 0.1) is 0 Å². The summed E-state index contributed by atoms with van der Waals surface area (Å²) in [6.07, 6.45) is 2.64. The second-order valence-electron chi connectivity index (χ2n) is 12.0. The van der Waals surface area contributed by atoms with Crippen molar-refractivity contribution in [3.05, 3.63) is 93.4 Å². The van der Waals surface area contributed by atoms with E-state index >= 15 is 0 Å². The molecule has 214 valence electrons. The van der Waals surface area contributed by atoms with E-state index in [1.54, 1.807) is 37.5 Å². The molecule has 0 aliphatic carbocycles. The number of pyridine rings is 1. The maximum atomic E-state index is 13.6. The fourth-order valence-corrected chi connectivity index (χ4v) is 4.33. The number of hydrogen-bond acceptors (Lipinski definition) is 6. The average molecular weight is 547 g/mol. The second-order valence-corrected chi connectivity index (χ2v) is 12.0. The third-order valence-corrected chi connectivity index (χ3v) is 6.23. The molecular weight excluding hydrogens is 504 g/mol. The summed E-state index contributed by atoms with van der Waals surface area (Å²) in [6, 6.07) is 17.5. The minimum absolute atomic E-state index is 0.206. The van der Waals surface area contributed by atoms with Crippen LogP contribution in [0.4, 0.5) is 0 Å². The van der Waals surface area contributed by atoms with Gasteiger partial charge < -0.3 is 19.8 Å². The molecule has 1 aromatic heterocycles. The molecule has 1 unspecified atom stereocenters. The number of nitrogens with zero attached hydrogens (tertiary/aromatic N) is 1. The van der Waals surface area contributed by atoms with Gasteiger partial charge >= 0.3 is 11.9 Å². The first-order valence-electron chi connectivity index (χ1n) is 13.8. The summed E-state index contributed by atoms with van der Waals surface area (Å²) in [5, 5.41) is 0. The van der Waals surface area contributed by atoms with Gasteiger partial charge in [0, 0.05) is 11.3 Å². The molecule has 3 aromatic rings. The van der Waals surface area contributed by atoms with E-state index in [1.807, 2.05) is 69.3 Å². The quantitative estimate of drug-likeness (QED) is 0.321. The molecule has 40 heavy (non-hydrogen) atoms. The van der Waals surface area contributed by atoms with Gasteiger partial charge in [0.1, 0.15) is 17.2 Å². The first-order chi connectivity index (χ1) is 18.7. The number of carbonyl (C=O) groups is 2. The van der Waals surface area contributed by atoms with Gasteiger partial charge in [0.15, 0.2) is 0 Å². The third kappa shape index (κ3) is 8.15. The van der Waals surface area contributed by atoms with Crippen molar-refractivity contribution in [1.29, 1.82) is 0 Å². The largest absolute Gasteiger partial charge is 0.459 e. The molecule has 1 atom stereocenters. The molecule has 0 aliphatic rings. The van der Waals surface area contributed by atoms with Gasteiger partial charge in [-0.2, -0.15) is 0 Å². The predicted octanol–water partition coefficient (Wildman–Crippen LogP) is 6.20. The maximum Gasteiger partial charge on any atom is 0.339 e. The maximum absolute atomic E-state index is 13.6. The van der Waals surface area contributed by atoms with Gasteiger partial charge in [0.05, 0.1) is 12.1 Å². The van der Waals surface area contributed by atoms with Gasteiger partial charge in [-0.1, -0.05) is 55.8 Å². The zero-order chi connectivity index (χ0) is 29.7. The summed E-state index contributed by atoms with van der Waals surface area (Å²) in [6.45, 7) is 13.2. The van der Waals surface area contributed by atoms with Crippen LogP contribution in [0.25, 0.3) is 11.1 Å². The Morgan fingerprint density at radius 3 is 2.10 bits per heavy atom. The molecule has 7 heteroatoms. The zero-order valence-electron chi connectivity index (χ0n) is 24.7. The number of esters is 2. The van der Waals surface area contributed by atoms with Crippen LogP contribution < -0.4 is 11.3 Å². The molecule has 0 aliphatic heterocycles. The van der Waals surface area contributed by atoms with Gasteiger partial charge in [-0.05, 0) is 89.3 Å². The van der Waals surface area contributed by atoms with E-state index < -0.39 is 23.2 Å². The number of nitrogens with two attached hydrogens (primary N) is 1. The Morgan fingerprint density at radius 2 is 1.50 bits per heavy atom. The first kappa shape index (κ1) is 30.8. The summed E-state index contributed by atoms with van der Waals surface area (Å²) in [4.78, 5) is 39.1. The minimum atomic E-state index is -1.18. The van der Waals surface area contributed by atoms with Crippen molar-refractivity contribution >= 4 is 11.9 Å². The van der Waals surface area contributed by atoms with Crippen LogP contribution in [0.2, 0.25) is 0 Å². The lowest BCUT2D eigenvalue weighted by Gasteiger charge is -2.23. The molecule has 3 rings (SSSR count). The highest BCUT2D eigenvalue weighted by Crippen LogP contribution is 2.26. The number of hydrogen-bond donors (Lipinski definition) is 1. The number of benzene rings is 2. The van der Waals surface area contributed by atoms with Crippen molar-refractivity contribution < 1.29 is 19.1 Å². The normalized spacial score (nSPS) is 12.6. The van der Waals surface area contributed by atoms with Gasteiger partial charge in [-0.15, -0.1) is 0 Å². The summed E-state index contributed by atoms with van der Waals surface area (Å²) < 4.78 is 12.7. The van der Waals surface area contributed by atoms with E-state index in [1.165, 1.54) is 0 Å². The minimum Gasteiger partial charge on any atom is -0.459 e. The van der Waals surface area contributed by atoms with E-state index in [2.05, 4.69) is 6.92 Å². The van der Waals surface area contributed by atoms with Gasteiger partial charge in [-0.25, -0.2) is 9.59 Å². The highest BCUT2D eigenvalue weighted by molar-refractivity contribution is 5.97. The van der Waals surface area contributed by atoms with Crippen molar-refractivity contribution in [2.75, 3.05) is 0 Å². The lowest BCUT2D eigenvalue weighted by Crippen LogP contribution is -2.37. The Labute approximate surface area is 237 Å². The van der Waals surface area contributed by atoms with Crippen LogP contribution in [-0.2, 0) is 27.2 Å². The van der Waals surface area contributed by atoms with Crippen LogP contribution in [0.15, 0.2) is 65.5 Å². The van der Waals surface area contributed by atoms with E-state index in [0.717, 1.165) is 41.6 Å². The molecule has 1 heterocycles. The molecule has 2 N–H and O–H groups in total. The number of ether oxygens (including phenoxy) is 2. The van der Waals surface area contributed by atoms with Crippen molar-refractivity contribution in [2.24, 2.45) is 5.73 Å². The lowest BCUT2D eigenvalue weighted by atomic mass is 9.98. The highest BCUT2D eigenvalue weighted by Gasteiger charge is 2.26. The summed E-state index contributed by atoms with van der Waals surface area (Å²) in [5.41, 5.74) is 8.71. The van der Waals surface area contributed by atoms with Crippen LogP contribution in [0.5, 0.6) is 0 Å². The Balaban J connectivity index is 1.94. The number of rotatable bonds is 9. The standard InChI is InChI=1S/C33H42N2O5/c1-8-9-12-24-19-20-27(28(34)31(38)40-33(5,6)7)29(36)35(24)21-22-15-17-23(18-16-22)25-13-10-11-14-26(25)30(37)39-32(2,3)4/h10-11,13-20,28H,8-9,12,21,34H2,1-7H3. The lowest BCUT2D eigenvalue weighted by molar-refractivity contribution is -0.156. The first-order valence-corrected chi connectivity index (χ1v) is 13.8. The third-order valence-electron chi connectivity index (χ3n) is 6.23. The van der Waals surface area contributed by atoms with Gasteiger partial charge in [0.2, 0.25) is 0 Å². The Hall–Kier alpha value is -3.71. The summed E-state index contributed by atoms with van der Waals surface area (Å²) in [7, 11) is 0. The van der Waals surface area contributed by atoms with Crippen LogP contribution in [0.3, 0.4) is 0 Å². The zero-order valence-corrected chi connectivity index (χ0v) is 24.7. The molecule has 0 saturated heterocycles. The Bertz CT molecular complexity index is 1390. The predicted molar refractivity (Wildman–Crippen MR) is 158 cm³/mol. The molecule has 0 radical (unpaired) electrons. The van der Waals surface area contributed by atoms with Crippen molar-refractivity contribution in [1.82, 2.24) is 4.57 Å². The molecule has 2 aromatic carbocycles. The molecule has 0 spiro atoms. The van der Waals surface area contributed by atoms with Crippen LogP contribution in [0.1, 0.15) is 94.5 Å².